The Hall–Kier alpha value is -2.61. The predicted molar refractivity (Wildman–Crippen MR) is 122 cm³/mol. The van der Waals surface area contributed by atoms with Crippen molar-refractivity contribution >= 4 is 17.2 Å². The second kappa shape index (κ2) is 10.1. The molecule has 1 amide bonds. The van der Waals surface area contributed by atoms with Crippen molar-refractivity contribution in [3.63, 3.8) is 0 Å². The molecule has 2 aromatic carbocycles. The number of benzene rings is 2. The molecular weight excluding hydrogens is 408 g/mol. The highest BCUT2D eigenvalue weighted by atomic mass is 32.1. The van der Waals surface area contributed by atoms with Gasteiger partial charge in [-0.1, -0.05) is 71.5 Å². The Kier molecular flexibility index (Phi) is 7.06. The van der Waals surface area contributed by atoms with Crippen LogP contribution in [0.3, 0.4) is 0 Å². The average molecular weight is 437 g/mol. The second-order valence-corrected chi connectivity index (χ2v) is 9.20. The smallest absolute Gasteiger partial charge is 0.282 e. The maximum Gasteiger partial charge on any atom is 0.282 e. The molecule has 4 rings (SSSR count). The van der Waals surface area contributed by atoms with E-state index in [1.807, 2.05) is 61.5 Å². The molecule has 0 spiro atoms. The van der Waals surface area contributed by atoms with Crippen LogP contribution in [0.1, 0.15) is 50.4 Å². The van der Waals surface area contributed by atoms with Gasteiger partial charge in [-0.3, -0.25) is 9.69 Å². The Bertz CT molecular complexity index is 982. The number of piperidine rings is 1. The molecule has 1 unspecified atom stereocenters. The molecule has 1 fully saturated rings. The van der Waals surface area contributed by atoms with Crippen LogP contribution in [-0.2, 0) is 13.1 Å². The first-order valence-electron chi connectivity index (χ1n) is 10.7. The molecule has 7 heteroatoms. The summed E-state index contributed by atoms with van der Waals surface area (Å²) in [5, 5.41) is 23.1. The molecule has 31 heavy (non-hydrogen) atoms. The van der Waals surface area contributed by atoms with Crippen LogP contribution in [0.4, 0.5) is 0 Å². The highest BCUT2D eigenvalue weighted by Crippen LogP contribution is 2.31. The second-order valence-electron chi connectivity index (χ2n) is 8.14. The minimum Gasteiger partial charge on any atom is -0.388 e. The number of aliphatic hydroxyl groups is 1. The van der Waals surface area contributed by atoms with E-state index in [1.165, 1.54) is 16.9 Å². The SMILES string of the molecule is Cc1ccc(CNC(=O)c2nnc(CN3CCC(C(O)c4ccccc4)CC3)s2)cc1. The first-order chi connectivity index (χ1) is 15.1. The zero-order valence-corrected chi connectivity index (χ0v) is 18.5. The average Bonchev–Trinajstić information content (AvgIpc) is 3.28. The lowest BCUT2D eigenvalue weighted by molar-refractivity contribution is 0.0567. The van der Waals surface area contributed by atoms with Crippen molar-refractivity contribution < 1.29 is 9.90 Å². The topological polar surface area (TPSA) is 78.4 Å². The molecule has 2 N–H and O–H groups in total. The van der Waals surface area contributed by atoms with Gasteiger partial charge in [0.25, 0.3) is 5.91 Å². The number of aliphatic hydroxyl groups excluding tert-OH is 1. The summed E-state index contributed by atoms with van der Waals surface area (Å²) >= 11 is 1.35. The van der Waals surface area contributed by atoms with E-state index >= 15 is 0 Å². The summed E-state index contributed by atoms with van der Waals surface area (Å²) in [7, 11) is 0. The number of nitrogens with one attached hydrogen (secondary N) is 1. The number of rotatable bonds is 7. The third-order valence-corrected chi connectivity index (χ3v) is 6.72. The van der Waals surface area contributed by atoms with Crippen LogP contribution in [0.25, 0.3) is 0 Å². The van der Waals surface area contributed by atoms with Gasteiger partial charge in [0.05, 0.1) is 12.6 Å². The largest absolute Gasteiger partial charge is 0.388 e. The van der Waals surface area contributed by atoms with Crippen molar-refractivity contribution in [2.45, 2.75) is 39.0 Å². The maximum atomic E-state index is 12.4. The Morgan fingerprint density at radius 3 is 2.55 bits per heavy atom. The van der Waals surface area contributed by atoms with Crippen molar-refractivity contribution in [3.8, 4) is 0 Å². The lowest BCUT2D eigenvalue weighted by atomic mass is 9.87. The molecule has 3 aromatic rings. The molecule has 0 bridgehead atoms. The summed E-state index contributed by atoms with van der Waals surface area (Å²) in [5.74, 6) is 0.0881. The predicted octanol–water partition coefficient (Wildman–Crippen LogP) is 3.72. The number of likely N-dealkylation sites (tertiary alicyclic amines) is 1. The summed E-state index contributed by atoms with van der Waals surface area (Å²) in [4.78, 5) is 14.7. The van der Waals surface area contributed by atoms with Crippen molar-refractivity contribution in [1.82, 2.24) is 20.4 Å². The molecule has 6 nitrogen and oxygen atoms in total. The van der Waals surface area contributed by atoms with Gasteiger partial charge in [-0.05, 0) is 49.9 Å². The molecule has 1 aromatic heterocycles. The van der Waals surface area contributed by atoms with Crippen LogP contribution in [0.15, 0.2) is 54.6 Å². The monoisotopic (exact) mass is 436 g/mol. The van der Waals surface area contributed by atoms with Crippen LogP contribution in [0.2, 0.25) is 0 Å². The molecule has 162 valence electrons. The number of amides is 1. The van der Waals surface area contributed by atoms with Gasteiger partial charge >= 0.3 is 0 Å². The minimum atomic E-state index is -0.409. The lowest BCUT2D eigenvalue weighted by Crippen LogP contribution is -2.35. The highest BCUT2D eigenvalue weighted by molar-refractivity contribution is 7.13. The minimum absolute atomic E-state index is 0.186. The van der Waals surface area contributed by atoms with E-state index in [0.29, 0.717) is 18.1 Å². The highest BCUT2D eigenvalue weighted by Gasteiger charge is 2.26. The van der Waals surface area contributed by atoms with E-state index in [2.05, 4.69) is 20.4 Å². The standard InChI is InChI=1S/C24H28N4O2S/c1-17-7-9-18(10-8-17)15-25-23(30)24-27-26-21(31-24)16-28-13-11-20(12-14-28)22(29)19-5-3-2-4-6-19/h2-10,20,22,29H,11-16H2,1H3,(H,25,30). The van der Waals surface area contributed by atoms with E-state index in [-0.39, 0.29) is 11.8 Å². The molecular formula is C24H28N4O2S. The van der Waals surface area contributed by atoms with Gasteiger partial charge in [-0.15, -0.1) is 10.2 Å². The Morgan fingerprint density at radius 1 is 1.13 bits per heavy atom. The molecule has 1 atom stereocenters. The summed E-state index contributed by atoms with van der Waals surface area (Å²) in [6.45, 7) is 5.02. The molecule has 1 aliphatic rings. The van der Waals surface area contributed by atoms with Crippen molar-refractivity contribution in [1.29, 1.82) is 0 Å². The van der Waals surface area contributed by atoms with Crippen LogP contribution in [0.5, 0.6) is 0 Å². The first kappa shape index (κ1) is 21.6. The Balaban J connectivity index is 1.24. The van der Waals surface area contributed by atoms with Crippen LogP contribution in [-0.4, -0.2) is 39.2 Å². The lowest BCUT2D eigenvalue weighted by Gasteiger charge is -2.33. The molecule has 0 saturated carbocycles. The van der Waals surface area contributed by atoms with E-state index in [1.54, 1.807) is 0 Å². The normalized spacial score (nSPS) is 16.2. The summed E-state index contributed by atoms with van der Waals surface area (Å²) in [6.07, 6.45) is 1.48. The number of hydrogen-bond donors (Lipinski definition) is 2. The maximum absolute atomic E-state index is 12.4. The van der Waals surface area contributed by atoms with Gasteiger partial charge in [0.15, 0.2) is 0 Å². The summed E-state index contributed by atoms with van der Waals surface area (Å²) in [5.41, 5.74) is 3.25. The summed E-state index contributed by atoms with van der Waals surface area (Å²) < 4.78 is 0. The molecule has 2 heterocycles. The zero-order valence-electron chi connectivity index (χ0n) is 17.7. The van der Waals surface area contributed by atoms with Gasteiger partial charge in [-0.25, -0.2) is 0 Å². The molecule has 0 aliphatic carbocycles. The van der Waals surface area contributed by atoms with E-state index < -0.39 is 6.10 Å². The van der Waals surface area contributed by atoms with Gasteiger partial charge in [0, 0.05) is 6.54 Å². The number of aryl methyl sites for hydroxylation is 1. The summed E-state index contributed by atoms with van der Waals surface area (Å²) in [6, 6.07) is 18.0. The van der Waals surface area contributed by atoms with Gasteiger partial charge in [0.2, 0.25) is 5.01 Å². The van der Waals surface area contributed by atoms with Crippen molar-refractivity contribution in [2.75, 3.05) is 13.1 Å². The number of carbonyl (C=O) groups excluding carboxylic acids is 1. The number of hydrogen-bond acceptors (Lipinski definition) is 6. The van der Waals surface area contributed by atoms with Gasteiger partial charge in [-0.2, -0.15) is 0 Å². The van der Waals surface area contributed by atoms with Crippen LogP contribution >= 0.6 is 11.3 Å². The number of nitrogens with zero attached hydrogens (tertiary/aromatic N) is 3. The fourth-order valence-corrected chi connectivity index (χ4v) is 4.71. The number of aromatic nitrogens is 2. The van der Waals surface area contributed by atoms with Crippen LogP contribution in [0, 0.1) is 12.8 Å². The number of carbonyl (C=O) groups is 1. The van der Waals surface area contributed by atoms with E-state index in [9.17, 15) is 9.90 Å². The third kappa shape index (κ3) is 5.76. The first-order valence-corrected chi connectivity index (χ1v) is 11.5. The van der Waals surface area contributed by atoms with E-state index in [0.717, 1.165) is 42.1 Å². The van der Waals surface area contributed by atoms with Crippen LogP contribution < -0.4 is 5.32 Å². The van der Waals surface area contributed by atoms with Crippen molar-refractivity contribution in [2.24, 2.45) is 5.92 Å². The zero-order chi connectivity index (χ0) is 21.6. The molecule has 1 saturated heterocycles. The molecule has 1 aliphatic heterocycles. The van der Waals surface area contributed by atoms with E-state index in [4.69, 9.17) is 0 Å². The third-order valence-electron chi connectivity index (χ3n) is 5.81. The van der Waals surface area contributed by atoms with Crippen molar-refractivity contribution in [3.05, 3.63) is 81.3 Å². The van der Waals surface area contributed by atoms with Gasteiger partial charge < -0.3 is 10.4 Å². The quantitative estimate of drug-likeness (QED) is 0.590. The fraction of sp³-hybridized carbons (Fsp3) is 0.375. The Morgan fingerprint density at radius 2 is 1.84 bits per heavy atom. The fourth-order valence-electron chi connectivity index (χ4n) is 3.91. The van der Waals surface area contributed by atoms with Gasteiger partial charge in [0.1, 0.15) is 5.01 Å². The molecule has 0 radical (unpaired) electrons. The Labute approximate surface area is 187 Å².